The van der Waals surface area contributed by atoms with E-state index in [0.717, 1.165) is 6.07 Å². The zero-order valence-electron chi connectivity index (χ0n) is 12.9. The van der Waals surface area contributed by atoms with Crippen molar-refractivity contribution in [3.63, 3.8) is 0 Å². The third-order valence-electron chi connectivity index (χ3n) is 3.29. The van der Waals surface area contributed by atoms with E-state index >= 15 is 0 Å². The Morgan fingerprint density at radius 1 is 1.33 bits per heavy atom. The second-order valence-electron chi connectivity index (χ2n) is 5.00. The summed E-state index contributed by atoms with van der Waals surface area (Å²) in [5, 5.41) is 3.43. The fourth-order valence-electron chi connectivity index (χ4n) is 2.14. The molecular weight excluding hydrogens is 337 g/mol. The number of halogens is 1. The van der Waals surface area contributed by atoms with E-state index in [2.05, 4.69) is 19.8 Å². The number of methoxy groups -OCH3 is 1. The number of benzene rings is 1. The molecule has 0 bridgehead atoms. The number of hydrogen-bond acceptors (Lipinski definition) is 6. The van der Waals surface area contributed by atoms with Crippen LogP contribution in [0.5, 0.6) is 0 Å². The second-order valence-corrected chi connectivity index (χ2v) is 6.58. The first-order valence-electron chi connectivity index (χ1n) is 6.90. The number of sulfonamides is 1. The number of nitrogens with zero attached hydrogens (tertiary/aromatic N) is 4. The standard InChI is InChI=1S/C14H14FN5O3S/c1-9-6-7-16-13-17-14(18-20(9)13)24(21,22)19-12-10(8-23-2)4-3-5-11(12)15/h3-7,19H,8H2,1-2H3. The molecule has 1 aromatic carbocycles. The van der Waals surface area contributed by atoms with Gasteiger partial charge in [0.25, 0.3) is 21.0 Å². The largest absolute Gasteiger partial charge is 0.380 e. The van der Waals surface area contributed by atoms with Crippen molar-refractivity contribution in [2.45, 2.75) is 18.7 Å². The number of aryl methyl sites for hydroxylation is 1. The van der Waals surface area contributed by atoms with Gasteiger partial charge in [0.1, 0.15) is 5.82 Å². The van der Waals surface area contributed by atoms with E-state index in [9.17, 15) is 12.8 Å². The van der Waals surface area contributed by atoms with Crippen molar-refractivity contribution in [2.24, 2.45) is 0 Å². The van der Waals surface area contributed by atoms with Crippen LogP contribution < -0.4 is 4.72 Å². The van der Waals surface area contributed by atoms with Crippen molar-refractivity contribution in [3.05, 3.63) is 47.5 Å². The smallest absolute Gasteiger partial charge is 0.299 e. The van der Waals surface area contributed by atoms with Gasteiger partial charge in [-0.05, 0) is 19.1 Å². The van der Waals surface area contributed by atoms with Crippen LogP contribution in [0.25, 0.3) is 5.78 Å². The average Bonchev–Trinajstić information content (AvgIpc) is 2.98. The van der Waals surface area contributed by atoms with Crippen LogP contribution in [0.4, 0.5) is 10.1 Å². The number of hydrogen-bond donors (Lipinski definition) is 1. The minimum Gasteiger partial charge on any atom is -0.380 e. The molecule has 0 aliphatic heterocycles. The molecule has 0 fully saturated rings. The average molecular weight is 351 g/mol. The third-order valence-corrected chi connectivity index (χ3v) is 4.41. The van der Waals surface area contributed by atoms with Crippen LogP contribution in [-0.4, -0.2) is 35.1 Å². The Bertz CT molecular complexity index is 1000. The van der Waals surface area contributed by atoms with Gasteiger partial charge in [-0.25, -0.2) is 13.9 Å². The lowest BCUT2D eigenvalue weighted by Gasteiger charge is -2.11. The molecule has 126 valence electrons. The Kier molecular flexibility index (Phi) is 4.16. The van der Waals surface area contributed by atoms with Crippen LogP contribution in [0, 0.1) is 12.7 Å². The molecule has 0 amide bonds. The molecule has 0 aliphatic rings. The van der Waals surface area contributed by atoms with Crippen molar-refractivity contribution in [1.29, 1.82) is 0 Å². The van der Waals surface area contributed by atoms with Gasteiger partial charge in [0, 0.05) is 24.6 Å². The van der Waals surface area contributed by atoms with Gasteiger partial charge in [0.2, 0.25) is 0 Å². The zero-order valence-corrected chi connectivity index (χ0v) is 13.7. The first-order chi connectivity index (χ1) is 11.4. The number of anilines is 1. The molecule has 0 unspecified atom stereocenters. The van der Waals surface area contributed by atoms with Crippen LogP contribution in [0.3, 0.4) is 0 Å². The number of rotatable bonds is 5. The van der Waals surface area contributed by atoms with Crippen molar-refractivity contribution < 1.29 is 17.5 Å². The molecule has 0 radical (unpaired) electrons. The van der Waals surface area contributed by atoms with E-state index in [0.29, 0.717) is 11.3 Å². The maximum absolute atomic E-state index is 14.0. The lowest BCUT2D eigenvalue weighted by Crippen LogP contribution is -2.17. The van der Waals surface area contributed by atoms with Crippen LogP contribution in [0.2, 0.25) is 0 Å². The lowest BCUT2D eigenvalue weighted by atomic mass is 10.2. The van der Waals surface area contributed by atoms with Gasteiger partial charge in [0.15, 0.2) is 0 Å². The number of aromatic nitrogens is 4. The minimum absolute atomic E-state index is 0.0505. The Balaban J connectivity index is 2.04. The molecule has 0 aliphatic carbocycles. The van der Waals surface area contributed by atoms with E-state index in [4.69, 9.17) is 4.74 Å². The molecule has 0 atom stereocenters. The summed E-state index contributed by atoms with van der Waals surface area (Å²) < 4.78 is 47.5. The van der Waals surface area contributed by atoms with Gasteiger partial charge in [-0.1, -0.05) is 12.1 Å². The summed E-state index contributed by atoms with van der Waals surface area (Å²) in [6.45, 7) is 1.79. The molecule has 2 aromatic heterocycles. The molecule has 3 aromatic rings. The van der Waals surface area contributed by atoms with Crippen LogP contribution >= 0.6 is 0 Å². The zero-order chi connectivity index (χ0) is 17.3. The van der Waals surface area contributed by atoms with Crippen LogP contribution in [0.15, 0.2) is 35.6 Å². The molecule has 0 spiro atoms. The Morgan fingerprint density at radius 2 is 2.12 bits per heavy atom. The van der Waals surface area contributed by atoms with E-state index in [-0.39, 0.29) is 18.1 Å². The monoisotopic (exact) mass is 351 g/mol. The van der Waals surface area contributed by atoms with Crippen molar-refractivity contribution >= 4 is 21.5 Å². The number of ether oxygens (including phenoxy) is 1. The van der Waals surface area contributed by atoms with Gasteiger partial charge in [0.05, 0.1) is 12.3 Å². The Morgan fingerprint density at radius 3 is 2.83 bits per heavy atom. The summed E-state index contributed by atoms with van der Waals surface area (Å²) in [5.41, 5.74) is 0.835. The molecular formula is C14H14FN5O3S. The van der Waals surface area contributed by atoms with Crippen LogP contribution in [0.1, 0.15) is 11.3 Å². The third kappa shape index (κ3) is 2.93. The fourth-order valence-corrected chi connectivity index (χ4v) is 3.12. The highest BCUT2D eigenvalue weighted by atomic mass is 32.2. The Hall–Kier alpha value is -2.59. The summed E-state index contributed by atoms with van der Waals surface area (Å²) in [6.07, 6.45) is 1.50. The summed E-state index contributed by atoms with van der Waals surface area (Å²) >= 11 is 0. The van der Waals surface area contributed by atoms with E-state index in [1.54, 1.807) is 19.1 Å². The quantitative estimate of drug-likeness (QED) is 0.748. The first kappa shape index (κ1) is 16.3. The highest BCUT2D eigenvalue weighted by Gasteiger charge is 2.24. The highest BCUT2D eigenvalue weighted by molar-refractivity contribution is 7.92. The normalized spacial score (nSPS) is 11.8. The van der Waals surface area contributed by atoms with E-state index in [1.807, 2.05) is 0 Å². The van der Waals surface area contributed by atoms with Crippen molar-refractivity contribution in [2.75, 3.05) is 11.8 Å². The topological polar surface area (TPSA) is 98.5 Å². The first-order valence-corrected chi connectivity index (χ1v) is 8.38. The molecule has 10 heteroatoms. The molecule has 0 saturated carbocycles. The summed E-state index contributed by atoms with van der Waals surface area (Å²) in [7, 11) is -2.75. The highest BCUT2D eigenvalue weighted by Crippen LogP contribution is 2.23. The van der Waals surface area contributed by atoms with Crippen molar-refractivity contribution in [1.82, 2.24) is 19.6 Å². The van der Waals surface area contributed by atoms with Gasteiger partial charge in [-0.2, -0.15) is 13.4 Å². The number of nitrogens with one attached hydrogen (secondary N) is 1. The minimum atomic E-state index is -4.18. The number of para-hydroxylation sites is 1. The van der Waals surface area contributed by atoms with E-state index in [1.165, 1.54) is 23.9 Å². The molecule has 3 rings (SSSR count). The molecule has 24 heavy (non-hydrogen) atoms. The lowest BCUT2D eigenvalue weighted by molar-refractivity contribution is 0.185. The van der Waals surface area contributed by atoms with Crippen LogP contribution in [-0.2, 0) is 21.4 Å². The van der Waals surface area contributed by atoms with Gasteiger partial charge in [-0.3, -0.25) is 4.72 Å². The summed E-state index contributed by atoms with van der Waals surface area (Å²) in [4.78, 5) is 7.83. The van der Waals surface area contributed by atoms with Gasteiger partial charge in [-0.15, -0.1) is 5.10 Å². The van der Waals surface area contributed by atoms with E-state index < -0.39 is 21.0 Å². The molecule has 1 N–H and O–H groups in total. The fraction of sp³-hybridized carbons (Fsp3) is 0.214. The van der Waals surface area contributed by atoms with Gasteiger partial charge >= 0.3 is 0 Å². The van der Waals surface area contributed by atoms with Crippen molar-refractivity contribution in [3.8, 4) is 0 Å². The molecule has 0 saturated heterocycles. The SMILES string of the molecule is COCc1cccc(F)c1NS(=O)(=O)c1nc2nccc(C)n2n1. The number of fused-ring (bicyclic) bond motifs is 1. The predicted octanol–water partition coefficient (Wildman–Crippen LogP) is 1.52. The molecule has 2 heterocycles. The summed E-state index contributed by atoms with van der Waals surface area (Å²) in [5.74, 6) is -0.577. The summed E-state index contributed by atoms with van der Waals surface area (Å²) in [6, 6.07) is 5.85. The van der Waals surface area contributed by atoms with Gasteiger partial charge < -0.3 is 4.74 Å². The maximum atomic E-state index is 14.0. The Labute approximate surface area is 137 Å². The predicted molar refractivity (Wildman–Crippen MR) is 83.4 cm³/mol. The molecule has 8 nitrogen and oxygen atoms in total. The second kappa shape index (κ2) is 6.13. The maximum Gasteiger partial charge on any atom is 0.299 e.